The van der Waals surface area contributed by atoms with Gasteiger partial charge in [0.15, 0.2) is 0 Å². The topological polar surface area (TPSA) is 34.7 Å². The van der Waals surface area contributed by atoms with Gasteiger partial charge in [0.1, 0.15) is 23.0 Å². The summed E-state index contributed by atoms with van der Waals surface area (Å²) in [5.41, 5.74) is 24.7. The fourth-order valence-corrected chi connectivity index (χ4v) is 15.0. The Morgan fingerprint density at radius 1 is 0.374 bits per heavy atom. The van der Waals surface area contributed by atoms with Crippen LogP contribution < -0.4 is 66.8 Å². The molecule has 0 spiro atoms. The summed E-state index contributed by atoms with van der Waals surface area (Å²) in [5, 5.41) is 0. The van der Waals surface area contributed by atoms with Gasteiger partial charge in [0.05, 0.1) is 22.7 Å². The van der Waals surface area contributed by atoms with E-state index in [1.54, 1.807) is 0 Å². The van der Waals surface area contributed by atoms with E-state index in [0.717, 1.165) is 130 Å². The van der Waals surface area contributed by atoms with Gasteiger partial charge in [-0.3, -0.25) is 0 Å². The highest BCUT2D eigenvalue weighted by Crippen LogP contribution is 2.55. The molecule has 5 heterocycles. The number of hydrogen-bond acceptors (Lipinski definition) is 7. The summed E-state index contributed by atoms with van der Waals surface area (Å²) in [6.45, 7) is 10.4. The van der Waals surface area contributed by atoms with E-state index in [-0.39, 0.29) is 18.8 Å². The summed E-state index contributed by atoms with van der Waals surface area (Å²) >= 11 is 0. The molecule has 5 aliphatic heterocycles. The second-order valence-electron chi connectivity index (χ2n) is 24.5. The van der Waals surface area contributed by atoms with Gasteiger partial charge in [-0.15, -0.1) is 0 Å². The molecule has 0 bridgehead atoms. The zero-order valence-corrected chi connectivity index (χ0v) is 50.8. The normalized spacial score (nSPS) is 14.1. The van der Waals surface area contributed by atoms with E-state index in [2.05, 4.69) is 343 Å². The van der Waals surface area contributed by atoms with E-state index in [1.807, 2.05) is 12.2 Å². The Bertz CT molecular complexity index is 4890. The van der Waals surface area contributed by atoms with Crippen LogP contribution in [0.1, 0.15) is 31.9 Å². The number of fused-ring (bicyclic) bond motifs is 10. The molecule has 0 aromatic heterocycles. The van der Waals surface area contributed by atoms with E-state index in [9.17, 15) is 0 Å². The molecule has 0 aliphatic carbocycles. The largest absolute Gasteiger partial charge is 0.458 e. The number of anilines is 14. The lowest BCUT2D eigenvalue weighted by molar-refractivity contribution is 0.486. The number of hydrogen-bond donors (Lipinski definition) is 0. The van der Waals surface area contributed by atoms with Gasteiger partial charge in [0.2, 0.25) is 0 Å². The van der Waals surface area contributed by atoms with Crippen molar-refractivity contribution in [3.05, 3.63) is 327 Å². The van der Waals surface area contributed by atoms with Crippen molar-refractivity contribution in [2.24, 2.45) is 0 Å². The first-order valence-electron chi connectivity index (χ1n) is 31.3. The predicted octanol–water partition coefficient (Wildman–Crippen LogP) is 17.9. The number of ether oxygens (including phenoxy) is 2. The minimum atomic E-state index is -0.386. The van der Waals surface area contributed by atoms with Crippen molar-refractivity contribution in [1.82, 2.24) is 0 Å². The number of para-hydroxylation sites is 8. The molecule has 432 valence electrons. The van der Waals surface area contributed by atoms with E-state index in [4.69, 9.17) is 9.47 Å². The van der Waals surface area contributed by atoms with Crippen molar-refractivity contribution < 1.29 is 9.47 Å². The SMILES string of the molecule is C=C/C=C\C=C(/C)N(c1ccccc1)c1cc2c3c(c1)N(c1ccccc1)c1cc4c(cc1B3c1cc3c(cc1O2)N(c1ccccc1)c1ccccc1C3(C)C)B1c2ccccc2N(c2ccccc2)c2cc(N(c3ccccc3)c3ccccc3)cc(c21)O4. The standard InChI is InChI=1S/C82H61B2N5O2/c1-5-6-13-30-55(2)85(56-31-14-7-15-32-56)62-47-75-81-78(49-62)90-76-53-72-65(82(3,4)64-43-26-28-45-70(64)87(72)59-37-20-10-21-38-59)51-68(76)84(81)67-52-69-77(54-73(67)89(75)61-41-24-12-25-42-61)91-79-50-63(86(57-33-16-8-17-34-57)58-35-18-9-19-36-58)48-74-80(79)83(69)66-44-27-29-46-71(66)88(74)60-39-22-11-23-40-60/h5-54H,1H2,2-4H3/b13-6-,55-30+. The van der Waals surface area contributed by atoms with Crippen LogP contribution in [0.5, 0.6) is 23.0 Å². The molecule has 7 nitrogen and oxygen atoms in total. The fraction of sp³-hybridized carbons (Fsp3) is 0.0488. The average molecular weight is 1170 g/mol. The summed E-state index contributed by atoms with van der Waals surface area (Å²) in [6.07, 6.45) is 7.98. The third-order valence-electron chi connectivity index (χ3n) is 18.9. The lowest BCUT2D eigenvalue weighted by atomic mass is 9.31. The van der Waals surface area contributed by atoms with E-state index in [1.165, 1.54) is 22.1 Å². The van der Waals surface area contributed by atoms with Crippen molar-refractivity contribution in [2.45, 2.75) is 26.2 Å². The van der Waals surface area contributed by atoms with Crippen LogP contribution in [0, 0.1) is 0 Å². The van der Waals surface area contributed by atoms with Gasteiger partial charge < -0.3 is 34.0 Å². The Balaban J connectivity index is 0.952. The fourth-order valence-electron chi connectivity index (χ4n) is 15.0. The van der Waals surface area contributed by atoms with Crippen LogP contribution in [-0.2, 0) is 5.41 Å². The van der Waals surface area contributed by atoms with E-state index in [0.29, 0.717) is 0 Å². The van der Waals surface area contributed by atoms with Crippen LogP contribution in [0.3, 0.4) is 0 Å². The van der Waals surface area contributed by atoms with Crippen LogP contribution in [0.2, 0.25) is 0 Å². The van der Waals surface area contributed by atoms with Gasteiger partial charge in [0, 0.05) is 92.3 Å². The molecule has 12 aromatic carbocycles. The van der Waals surface area contributed by atoms with Crippen LogP contribution in [-0.4, -0.2) is 13.4 Å². The summed E-state index contributed by atoms with van der Waals surface area (Å²) in [7, 11) is 0. The second-order valence-corrected chi connectivity index (χ2v) is 24.5. The molecule has 0 atom stereocenters. The molecule has 5 aliphatic rings. The first-order valence-corrected chi connectivity index (χ1v) is 31.3. The van der Waals surface area contributed by atoms with E-state index >= 15 is 0 Å². The van der Waals surface area contributed by atoms with Crippen molar-refractivity contribution in [3.8, 4) is 23.0 Å². The van der Waals surface area contributed by atoms with E-state index < -0.39 is 0 Å². The monoisotopic (exact) mass is 1170 g/mol. The number of rotatable bonds is 11. The number of allylic oxidation sites excluding steroid dienone is 5. The summed E-state index contributed by atoms with van der Waals surface area (Å²) in [4.78, 5) is 12.0. The maximum absolute atomic E-state index is 7.75. The third kappa shape index (κ3) is 8.60. The molecule has 0 unspecified atom stereocenters. The summed E-state index contributed by atoms with van der Waals surface area (Å²) in [6, 6.07) is 101. The third-order valence-corrected chi connectivity index (χ3v) is 18.9. The minimum absolute atomic E-state index is 0.207. The summed E-state index contributed by atoms with van der Waals surface area (Å²) < 4.78 is 15.4. The molecule has 12 aromatic rings. The van der Waals surface area contributed by atoms with Crippen LogP contribution in [0.15, 0.2) is 316 Å². The molecule has 0 amide bonds. The maximum Gasteiger partial charge on any atom is 0.256 e. The lowest BCUT2D eigenvalue weighted by Gasteiger charge is -2.45. The zero-order chi connectivity index (χ0) is 60.9. The van der Waals surface area contributed by atoms with Gasteiger partial charge >= 0.3 is 0 Å². The quantitative estimate of drug-likeness (QED) is 0.0943. The first kappa shape index (κ1) is 53.8. The molecule has 0 saturated heterocycles. The number of benzene rings is 12. The number of nitrogens with zero attached hydrogens (tertiary/aromatic N) is 5. The first-order chi connectivity index (χ1) is 44.8. The van der Waals surface area contributed by atoms with Gasteiger partial charge in [0.25, 0.3) is 13.4 Å². The van der Waals surface area contributed by atoms with Crippen LogP contribution >= 0.6 is 0 Å². The second kappa shape index (κ2) is 21.4. The molecule has 0 N–H and O–H groups in total. The molecular weight excluding hydrogens is 1110 g/mol. The molecule has 17 rings (SSSR count). The minimum Gasteiger partial charge on any atom is -0.458 e. The van der Waals surface area contributed by atoms with Gasteiger partial charge in [-0.25, -0.2) is 0 Å². The molecule has 91 heavy (non-hydrogen) atoms. The van der Waals surface area contributed by atoms with Gasteiger partial charge in [-0.1, -0.05) is 196 Å². The Morgan fingerprint density at radius 2 is 0.824 bits per heavy atom. The Hall–Kier alpha value is -11.4. The van der Waals surface area contributed by atoms with Crippen LogP contribution in [0.4, 0.5) is 79.6 Å². The highest BCUT2D eigenvalue weighted by Gasteiger charge is 2.49. The Kier molecular flexibility index (Phi) is 12.7. The van der Waals surface area contributed by atoms with Gasteiger partial charge in [-0.05, 0) is 154 Å². The predicted molar refractivity (Wildman–Crippen MR) is 381 cm³/mol. The molecule has 0 fully saturated rings. The lowest BCUT2D eigenvalue weighted by Crippen LogP contribution is -2.63. The van der Waals surface area contributed by atoms with Crippen LogP contribution in [0.25, 0.3) is 0 Å². The van der Waals surface area contributed by atoms with Crippen molar-refractivity contribution in [3.63, 3.8) is 0 Å². The Labute approximate surface area is 532 Å². The Morgan fingerprint density at radius 3 is 1.41 bits per heavy atom. The van der Waals surface area contributed by atoms with Crippen molar-refractivity contribution >= 4 is 126 Å². The zero-order valence-electron chi connectivity index (χ0n) is 50.8. The molecule has 9 heteroatoms. The molecule has 0 saturated carbocycles. The highest BCUT2D eigenvalue weighted by atomic mass is 16.5. The maximum atomic E-state index is 7.75. The smallest absolute Gasteiger partial charge is 0.256 e. The van der Waals surface area contributed by atoms with Gasteiger partial charge in [-0.2, -0.15) is 0 Å². The molecule has 0 radical (unpaired) electrons. The summed E-state index contributed by atoms with van der Waals surface area (Å²) in [5.74, 6) is 3.23. The van der Waals surface area contributed by atoms with Crippen molar-refractivity contribution in [2.75, 3.05) is 24.5 Å². The molecular formula is C82H61B2N5O2. The highest BCUT2D eigenvalue weighted by molar-refractivity contribution is 7.02. The average Bonchev–Trinajstić information content (AvgIpc) is 0.700. The van der Waals surface area contributed by atoms with Crippen molar-refractivity contribution in [1.29, 1.82) is 0 Å².